The lowest BCUT2D eigenvalue weighted by molar-refractivity contribution is -0.149. The Balaban J connectivity index is 1.92. The highest BCUT2D eigenvalue weighted by Crippen LogP contribution is 2.35. The molecule has 18 heavy (non-hydrogen) atoms. The van der Waals surface area contributed by atoms with Crippen molar-refractivity contribution in [2.45, 2.75) is 38.5 Å². The molecule has 2 rings (SSSR count). The van der Waals surface area contributed by atoms with E-state index in [0.717, 1.165) is 36.4 Å². The van der Waals surface area contributed by atoms with Crippen molar-refractivity contribution < 1.29 is 9.53 Å². The molecule has 0 aromatic carbocycles. The van der Waals surface area contributed by atoms with Crippen LogP contribution in [0.25, 0.3) is 0 Å². The maximum atomic E-state index is 11.6. The zero-order chi connectivity index (χ0) is 13.0. The van der Waals surface area contributed by atoms with E-state index in [9.17, 15) is 4.79 Å². The number of carbonyl (C=O) groups excluding carboxylic acids is 1. The van der Waals surface area contributed by atoms with Gasteiger partial charge in [0.1, 0.15) is 0 Å². The lowest BCUT2D eigenvalue weighted by atomic mass is 9.80. The highest BCUT2D eigenvalue weighted by Gasteiger charge is 2.28. The molecule has 1 aromatic rings. The van der Waals surface area contributed by atoms with Crippen LogP contribution in [0.2, 0.25) is 5.02 Å². The van der Waals surface area contributed by atoms with Crippen LogP contribution in [-0.2, 0) is 9.53 Å². The van der Waals surface area contributed by atoms with E-state index in [1.165, 1.54) is 0 Å². The molecular weight excluding hydrogens is 250 g/mol. The zero-order valence-electron chi connectivity index (χ0n) is 10.6. The van der Waals surface area contributed by atoms with Crippen molar-refractivity contribution in [3.63, 3.8) is 0 Å². The standard InChI is InChI=1S/C14H18ClNO2/c1-2-18-14(17)11-5-3-10(4-6-11)13-9-12(15)7-8-16-13/h7-11H,2-6H2,1H3. The summed E-state index contributed by atoms with van der Waals surface area (Å²) in [4.78, 5) is 16.0. The number of aromatic nitrogens is 1. The Bertz CT molecular complexity index is 414. The lowest BCUT2D eigenvalue weighted by Gasteiger charge is -2.26. The minimum atomic E-state index is -0.0463. The van der Waals surface area contributed by atoms with Gasteiger partial charge in [-0.1, -0.05) is 11.6 Å². The van der Waals surface area contributed by atoms with Crippen LogP contribution < -0.4 is 0 Å². The molecule has 1 aliphatic rings. The molecule has 0 amide bonds. The number of nitrogens with zero attached hydrogens (tertiary/aromatic N) is 1. The third-order valence-corrected chi connectivity index (χ3v) is 3.74. The van der Waals surface area contributed by atoms with Crippen LogP contribution in [0.5, 0.6) is 0 Å². The third-order valence-electron chi connectivity index (χ3n) is 3.51. The summed E-state index contributed by atoms with van der Waals surface area (Å²) in [7, 11) is 0. The van der Waals surface area contributed by atoms with Gasteiger partial charge >= 0.3 is 5.97 Å². The van der Waals surface area contributed by atoms with E-state index in [1.807, 2.05) is 13.0 Å². The van der Waals surface area contributed by atoms with E-state index in [-0.39, 0.29) is 11.9 Å². The highest BCUT2D eigenvalue weighted by atomic mass is 35.5. The van der Waals surface area contributed by atoms with E-state index in [1.54, 1.807) is 12.3 Å². The van der Waals surface area contributed by atoms with Gasteiger partial charge in [0.25, 0.3) is 0 Å². The summed E-state index contributed by atoms with van der Waals surface area (Å²) >= 11 is 5.97. The smallest absolute Gasteiger partial charge is 0.308 e. The SMILES string of the molecule is CCOC(=O)C1CCC(c2cc(Cl)ccn2)CC1. The van der Waals surface area contributed by atoms with Gasteiger partial charge in [-0.05, 0) is 44.7 Å². The van der Waals surface area contributed by atoms with E-state index in [0.29, 0.717) is 12.5 Å². The summed E-state index contributed by atoms with van der Waals surface area (Å²) in [5, 5.41) is 0.729. The van der Waals surface area contributed by atoms with Crippen molar-refractivity contribution >= 4 is 17.6 Å². The summed E-state index contributed by atoms with van der Waals surface area (Å²) < 4.78 is 5.07. The largest absolute Gasteiger partial charge is 0.466 e. The van der Waals surface area contributed by atoms with Crippen LogP contribution >= 0.6 is 11.6 Å². The number of pyridine rings is 1. The molecule has 1 heterocycles. The van der Waals surface area contributed by atoms with Crippen LogP contribution in [0.4, 0.5) is 0 Å². The molecule has 98 valence electrons. The maximum absolute atomic E-state index is 11.6. The molecule has 0 spiro atoms. The van der Waals surface area contributed by atoms with E-state index in [2.05, 4.69) is 4.98 Å². The normalized spacial score (nSPS) is 23.7. The van der Waals surface area contributed by atoms with Gasteiger partial charge in [-0.2, -0.15) is 0 Å². The molecular formula is C14H18ClNO2. The molecule has 0 N–H and O–H groups in total. The lowest BCUT2D eigenvalue weighted by Crippen LogP contribution is -2.23. The van der Waals surface area contributed by atoms with Gasteiger partial charge in [0.2, 0.25) is 0 Å². The molecule has 3 nitrogen and oxygen atoms in total. The Morgan fingerprint density at radius 1 is 1.44 bits per heavy atom. The number of rotatable bonds is 3. The minimum Gasteiger partial charge on any atom is -0.466 e. The molecule has 0 saturated heterocycles. The molecule has 1 aliphatic carbocycles. The van der Waals surface area contributed by atoms with Crippen molar-refractivity contribution in [1.82, 2.24) is 4.98 Å². The number of esters is 1. The number of carbonyl (C=O) groups is 1. The Morgan fingerprint density at radius 2 is 2.17 bits per heavy atom. The second-order valence-electron chi connectivity index (χ2n) is 4.70. The van der Waals surface area contributed by atoms with Crippen LogP contribution in [-0.4, -0.2) is 17.6 Å². The monoisotopic (exact) mass is 267 g/mol. The molecule has 0 unspecified atom stereocenters. The van der Waals surface area contributed by atoms with Crippen molar-refractivity contribution in [2.24, 2.45) is 5.92 Å². The maximum Gasteiger partial charge on any atom is 0.308 e. The summed E-state index contributed by atoms with van der Waals surface area (Å²) in [6.07, 6.45) is 5.48. The fourth-order valence-electron chi connectivity index (χ4n) is 2.53. The molecule has 0 atom stereocenters. The van der Waals surface area contributed by atoms with Crippen molar-refractivity contribution in [3.05, 3.63) is 29.0 Å². The number of hydrogen-bond donors (Lipinski definition) is 0. The van der Waals surface area contributed by atoms with Crippen molar-refractivity contribution in [2.75, 3.05) is 6.61 Å². The second kappa shape index (κ2) is 6.19. The van der Waals surface area contributed by atoms with Crippen LogP contribution in [0.1, 0.15) is 44.2 Å². The Kier molecular flexibility index (Phi) is 4.59. The first-order valence-corrected chi connectivity index (χ1v) is 6.86. The highest BCUT2D eigenvalue weighted by molar-refractivity contribution is 6.30. The average molecular weight is 268 g/mol. The first-order valence-electron chi connectivity index (χ1n) is 6.48. The minimum absolute atomic E-state index is 0.0463. The Hall–Kier alpha value is -1.09. The van der Waals surface area contributed by atoms with E-state index < -0.39 is 0 Å². The van der Waals surface area contributed by atoms with Gasteiger partial charge in [-0.3, -0.25) is 9.78 Å². The molecule has 1 fully saturated rings. The molecule has 4 heteroatoms. The summed E-state index contributed by atoms with van der Waals surface area (Å²) in [6.45, 7) is 2.31. The summed E-state index contributed by atoms with van der Waals surface area (Å²) in [6, 6.07) is 3.71. The topological polar surface area (TPSA) is 39.2 Å². The van der Waals surface area contributed by atoms with Crippen LogP contribution in [0.15, 0.2) is 18.3 Å². The first-order chi connectivity index (χ1) is 8.70. The van der Waals surface area contributed by atoms with E-state index >= 15 is 0 Å². The number of halogens is 1. The number of hydrogen-bond acceptors (Lipinski definition) is 3. The van der Waals surface area contributed by atoms with Gasteiger partial charge in [-0.25, -0.2) is 0 Å². The summed E-state index contributed by atoms with van der Waals surface area (Å²) in [5.41, 5.74) is 1.05. The third kappa shape index (κ3) is 3.22. The van der Waals surface area contributed by atoms with Crippen LogP contribution in [0.3, 0.4) is 0 Å². The van der Waals surface area contributed by atoms with Gasteiger partial charge < -0.3 is 4.74 Å². The predicted molar refractivity (Wildman–Crippen MR) is 70.6 cm³/mol. The Morgan fingerprint density at radius 3 is 2.78 bits per heavy atom. The van der Waals surface area contributed by atoms with E-state index in [4.69, 9.17) is 16.3 Å². The van der Waals surface area contributed by atoms with Gasteiger partial charge in [0.05, 0.1) is 12.5 Å². The van der Waals surface area contributed by atoms with Crippen molar-refractivity contribution in [1.29, 1.82) is 0 Å². The van der Waals surface area contributed by atoms with Gasteiger partial charge in [-0.15, -0.1) is 0 Å². The van der Waals surface area contributed by atoms with Crippen LogP contribution in [0, 0.1) is 5.92 Å². The molecule has 0 bridgehead atoms. The fraction of sp³-hybridized carbons (Fsp3) is 0.571. The summed E-state index contributed by atoms with van der Waals surface area (Å²) in [5.74, 6) is 0.449. The zero-order valence-corrected chi connectivity index (χ0v) is 11.3. The molecule has 1 aromatic heterocycles. The molecule has 0 radical (unpaired) electrons. The first kappa shape index (κ1) is 13.3. The molecule has 1 saturated carbocycles. The molecule has 0 aliphatic heterocycles. The average Bonchev–Trinajstić information content (AvgIpc) is 2.39. The van der Waals surface area contributed by atoms with Gasteiger partial charge in [0, 0.05) is 22.8 Å². The number of ether oxygens (including phenoxy) is 1. The Labute approximate surface area is 113 Å². The van der Waals surface area contributed by atoms with Gasteiger partial charge in [0.15, 0.2) is 0 Å². The quantitative estimate of drug-likeness (QED) is 0.786. The predicted octanol–water partition coefficient (Wildman–Crippen LogP) is 3.57. The second-order valence-corrected chi connectivity index (χ2v) is 5.14. The fourth-order valence-corrected chi connectivity index (χ4v) is 2.70. The van der Waals surface area contributed by atoms with Crippen molar-refractivity contribution in [3.8, 4) is 0 Å².